The Kier molecular flexibility index (Phi) is 5.02. The van der Waals surface area contributed by atoms with Crippen molar-refractivity contribution in [2.45, 2.75) is 19.5 Å². The molecule has 0 saturated carbocycles. The van der Waals surface area contributed by atoms with E-state index in [4.69, 9.17) is 9.47 Å². The third-order valence-corrected chi connectivity index (χ3v) is 4.37. The molecule has 0 amide bonds. The van der Waals surface area contributed by atoms with Gasteiger partial charge in [0.05, 0.1) is 14.2 Å². The third kappa shape index (κ3) is 3.22. The summed E-state index contributed by atoms with van der Waals surface area (Å²) in [5.41, 5.74) is 2.39. The Labute approximate surface area is 143 Å². The van der Waals surface area contributed by atoms with Crippen LogP contribution < -0.4 is 14.8 Å². The number of rotatable bonds is 6. The van der Waals surface area contributed by atoms with Crippen molar-refractivity contribution < 1.29 is 9.47 Å². The summed E-state index contributed by atoms with van der Waals surface area (Å²) in [7, 11) is 3.34. The lowest BCUT2D eigenvalue weighted by atomic mass is 9.99. The van der Waals surface area contributed by atoms with Crippen LogP contribution in [0.4, 0.5) is 0 Å². The van der Waals surface area contributed by atoms with Gasteiger partial charge in [-0.3, -0.25) is 0 Å². The maximum Gasteiger partial charge on any atom is 0.165 e. The van der Waals surface area contributed by atoms with Crippen LogP contribution >= 0.6 is 0 Å². The Hall–Kier alpha value is -2.52. The lowest BCUT2D eigenvalue weighted by Crippen LogP contribution is -2.18. The van der Waals surface area contributed by atoms with Gasteiger partial charge in [-0.15, -0.1) is 0 Å². The van der Waals surface area contributed by atoms with E-state index in [9.17, 15) is 0 Å². The van der Waals surface area contributed by atoms with Gasteiger partial charge < -0.3 is 14.8 Å². The Bertz CT molecular complexity index is 824. The van der Waals surface area contributed by atoms with Gasteiger partial charge in [-0.05, 0) is 29.3 Å². The van der Waals surface area contributed by atoms with Crippen LogP contribution in [0.15, 0.2) is 60.7 Å². The van der Waals surface area contributed by atoms with E-state index in [1.807, 2.05) is 12.1 Å². The minimum absolute atomic E-state index is 0.229. The van der Waals surface area contributed by atoms with Crippen LogP contribution in [0.25, 0.3) is 10.8 Å². The number of benzene rings is 3. The molecule has 0 spiro atoms. The van der Waals surface area contributed by atoms with Gasteiger partial charge in [0.1, 0.15) is 0 Å². The molecule has 0 aliphatic carbocycles. The molecular formula is C21H23NO2. The maximum atomic E-state index is 5.51. The van der Waals surface area contributed by atoms with E-state index >= 15 is 0 Å². The highest BCUT2D eigenvalue weighted by atomic mass is 16.5. The molecule has 1 atom stereocenters. The maximum absolute atomic E-state index is 5.51. The van der Waals surface area contributed by atoms with Gasteiger partial charge in [0.2, 0.25) is 0 Å². The Morgan fingerprint density at radius 3 is 2.42 bits per heavy atom. The number of hydrogen-bond acceptors (Lipinski definition) is 3. The average Bonchev–Trinajstić information content (AvgIpc) is 2.65. The Morgan fingerprint density at radius 1 is 0.875 bits per heavy atom. The molecule has 0 saturated heterocycles. The van der Waals surface area contributed by atoms with Gasteiger partial charge in [0.25, 0.3) is 0 Å². The third-order valence-electron chi connectivity index (χ3n) is 4.37. The highest BCUT2D eigenvalue weighted by molar-refractivity contribution is 5.86. The predicted octanol–water partition coefficient (Wildman–Crippen LogP) is 4.71. The molecule has 0 aromatic heterocycles. The summed E-state index contributed by atoms with van der Waals surface area (Å²) in [6.07, 6.45) is 0. The average molecular weight is 321 g/mol. The topological polar surface area (TPSA) is 30.5 Å². The molecule has 3 rings (SSSR count). The van der Waals surface area contributed by atoms with Crippen molar-refractivity contribution in [1.29, 1.82) is 0 Å². The lowest BCUT2D eigenvalue weighted by Gasteiger charge is -2.18. The van der Waals surface area contributed by atoms with Crippen molar-refractivity contribution in [1.82, 2.24) is 5.32 Å². The summed E-state index contributed by atoms with van der Waals surface area (Å²) in [5, 5.41) is 6.15. The molecule has 3 heteroatoms. The summed E-state index contributed by atoms with van der Waals surface area (Å²) in [4.78, 5) is 0. The first kappa shape index (κ1) is 16.3. The van der Waals surface area contributed by atoms with Gasteiger partial charge in [-0.2, -0.15) is 0 Å². The Morgan fingerprint density at radius 2 is 1.62 bits per heavy atom. The van der Waals surface area contributed by atoms with E-state index in [2.05, 4.69) is 60.8 Å². The molecule has 3 aromatic rings. The second kappa shape index (κ2) is 7.37. The van der Waals surface area contributed by atoms with E-state index in [0.29, 0.717) is 6.54 Å². The molecule has 0 unspecified atom stereocenters. The van der Waals surface area contributed by atoms with Crippen molar-refractivity contribution >= 4 is 10.8 Å². The summed E-state index contributed by atoms with van der Waals surface area (Å²) in [6, 6.07) is 21.1. The highest BCUT2D eigenvalue weighted by Crippen LogP contribution is 2.31. The zero-order valence-corrected chi connectivity index (χ0v) is 14.4. The summed E-state index contributed by atoms with van der Waals surface area (Å²) < 4.78 is 10.9. The molecule has 124 valence electrons. The van der Waals surface area contributed by atoms with Gasteiger partial charge in [-0.1, -0.05) is 54.6 Å². The SMILES string of the molecule is COc1cccc(CN[C@H](C)c2cccc3ccccc23)c1OC. The second-order valence-corrected chi connectivity index (χ2v) is 5.82. The van der Waals surface area contributed by atoms with Crippen LogP contribution in [0, 0.1) is 0 Å². The zero-order valence-electron chi connectivity index (χ0n) is 14.4. The molecule has 0 aliphatic rings. The number of para-hydroxylation sites is 1. The Balaban J connectivity index is 1.82. The van der Waals surface area contributed by atoms with Crippen LogP contribution in [0.1, 0.15) is 24.1 Å². The smallest absolute Gasteiger partial charge is 0.165 e. The van der Waals surface area contributed by atoms with E-state index in [0.717, 1.165) is 17.1 Å². The number of ether oxygens (including phenoxy) is 2. The molecule has 3 aromatic carbocycles. The van der Waals surface area contributed by atoms with E-state index < -0.39 is 0 Å². The van der Waals surface area contributed by atoms with Crippen molar-refractivity contribution in [3.8, 4) is 11.5 Å². The number of hydrogen-bond donors (Lipinski definition) is 1. The van der Waals surface area contributed by atoms with Crippen molar-refractivity contribution in [2.24, 2.45) is 0 Å². The van der Waals surface area contributed by atoms with Crippen LogP contribution in [-0.4, -0.2) is 14.2 Å². The highest BCUT2D eigenvalue weighted by Gasteiger charge is 2.12. The molecule has 24 heavy (non-hydrogen) atoms. The normalized spacial score (nSPS) is 12.1. The van der Waals surface area contributed by atoms with Crippen molar-refractivity contribution in [3.05, 3.63) is 71.8 Å². The first-order valence-corrected chi connectivity index (χ1v) is 8.15. The van der Waals surface area contributed by atoms with E-state index in [-0.39, 0.29) is 6.04 Å². The monoisotopic (exact) mass is 321 g/mol. The van der Waals surface area contributed by atoms with Gasteiger partial charge in [-0.25, -0.2) is 0 Å². The molecule has 1 N–H and O–H groups in total. The summed E-state index contributed by atoms with van der Waals surface area (Å²) in [6.45, 7) is 2.90. The minimum atomic E-state index is 0.229. The summed E-state index contributed by atoms with van der Waals surface area (Å²) in [5.74, 6) is 1.55. The van der Waals surface area contributed by atoms with Crippen molar-refractivity contribution in [2.75, 3.05) is 14.2 Å². The quantitative estimate of drug-likeness (QED) is 0.713. The van der Waals surface area contributed by atoms with Crippen molar-refractivity contribution in [3.63, 3.8) is 0 Å². The van der Waals surface area contributed by atoms with Crippen LogP contribution in [0.3, 0.4) is 0 Å². The van der Waals surface area contributed by atoms with Gasteiger partial charge in [0, 0.05) is 18.2 Å². The fourth-order valence-electron chi connectivity index (χ4n) is 3.09. The standard InChI is InChI=1S/C21H23NO2/c1-15(18-12-6-9-16-8-4-5-11-19(16)18)22-14-17-10-7-13-20(23-2)21(17)24-3/h4-13,15,22H,14H2,1-3H3/t15-/m1/s1. The van der Waals surface area contributed by atoms with Crippen LogP contribution in [-0.2, 0) is 6.54 Å². The molecule has 0 bridgehead atoms. The largest absolute Gasteiger partial charge is 0.493 e. The molecule has 0 radical (unpaired) electrons. The molecule has 0 aliphatic heterocycles. The molecule has 0 heterocycles. The molecule has 0 fully saturated rings. The van der Waals surface area contributed by atoms with Gasteiger partial charge in [0.15, 0.2) is 11.5 Å². The first-order chi connectivity index (χ1) is 11.7. The first-order valence-electron chi connectivity index (χ1n) is 8.15. The van der Waals surface area contributed by atoms with Crippen LogP contribution in [0.2, 0.25) is 0 Å². The fraction of sp³-hybridized carbons (Fsp3) is 0.238. The van der Waals surface area contributed by atoms with E-state index in [1.54, 1.807) is 14.2 Å². The minimum Gasteiger partial charge on any atom is -0.493 e. The van der Waals surface area contributed by atoms with E-state index in [1.165, 1.54) is 16.3 Å². The fourth-order valence-corrected chi connectivity index (χ4v) is 3.09. The zero-order chi connectivity index (χ0) is 16.9. The summed E-state index contributed by atoms with van der Waals surface area (Å²) >= 11 is 0. The predicted molar refractivity (Wildman–Crippen MR) is 98.7 cm³/mol. The lowest BCUT2D eigenvalue weighted by molar-refractivity contribution is 0.350. The number of nitrogens with one attached hydrogen (secondary N) is 1. The second-order valence-electron chi connectivity index (χ2n) is 5.82. The molecular weight excluding hydrogens is 298 g/mol. The van der Waals surface area contributed by atoms with Gasteiger partial charge >= 0.3 is 0 Å². The van der Waals surface area contributed by atoms with Crippen LogP contribution in [0.5, 0.6) is 11.5 Å². The number of methoxy groups -OCH3 is 2. The molecule has 3 nitrogen and oxygen atoms in total. The number of fused-ring (bicyclic) bond motifs is 1.